The van der Waals surface area contributed by atoms with Crippen LogP contribution in [0.5, 0.6) is 5.75 Å². The predicted molar refractivity (Wildman–Crippen MR) is 109 cm³/mol. The fourth-order valence-corrected chi connectivity index (χ4v) is 4.48. The van der Waals surface area contributed by atoms with E-state index in [1.807, 2.05) is 0 Å². The number of carboxylic acid groups (broad SMARTS) is 1. The third-order valence-electron chi connectivity index (χ3n) is 4.53. The number of amides is 3. The standard InChI is InChI=1S/C19H22N4O6S/c1-19(2,3)22(18(25)26)11-13-14(29-4)9-10-16(20-13)23-17(24)21-12-7-5-6-8-15(12)30(23,27)28/h5-10H,11H2,1-4H3,(H,21,24)(H,25,26). The minimum Gasteiger partial charge on any atom is -0.495 e. The maximum atomic E-state index is 13.1. The summed E-state index contributed by atoms with van der Waals surface area (Å²) in [7, 11) is -2.81. The molecule has 1 aromatic carbocycles. The van der Waals surface area contributed by atoms with Gasteiger partial charge in [0.25, 0.3) is 10.0 Å². The first-order chi connectivity index (χ1) is 14.0. The van der Waals surface area contributed by atoms with E-state index in [1.165, 1.54) is 31.4 Å². The van der Waals surface area contributed by atoms with Gasteiger partial charge in [-0.15, -0.1) is 0 Å². The number of anilines is 2. The minimum atomic E-state index is -4.21. The number of fused-ring (bicyclic) bond motifs is 1. The Kier molecular flexibility index (Phi) is 5.33. The zero-order valence-corrected chi connectivity index (χ0v) is 17.7. The molecule has 3 rings (SSSR count). The first kappa shape index (κ1) is 21.4. The van der Waals surface area contributed by atoms with E-state index in [9.17, 15) is 23.1 Å². The van der Waals surface area contributed by atoms with Gasteiger partial charge in [-0.2, -0.15) is 4.31 Å². The van der Waals surface area contributed by atoms with Gasteiger partial charge in [-0.1, -0.05) is 12.1 Å². The number of hydrogen-bond donors (Lipinski definition) is 2. The van der Waals surface area contributed by atoms with Crippen LogP contribution in [0, 0.1) is 0 Å². The maximum Gasteiger partial charge on any atom is 0.408 e. The molecule has 10 nitrogen and oxygen atoms in total. The average Bonchev–Trinajstić information content (AvgIpc) is 2.64. The van der Waals surface area contributed by atoms with E-state index in [0.717, 1.165) is 4.90 Å². The fourth-order valence-electron chi connectivity index (χ4n) is 3.03. The number of methoxy groups -OCH3 is 1. The van der Waals surface area contributed by atoms with E-state index in [4.69, 9.17) is 4.74 Å². The molecule has 0 bridgehead atoms. The molecule has 11 heteroatoms. The van der Waals surface area contributed by atoms with Gasteiger partial charge in [-0.25, -0.2) is 23.0 Å². The number of pyridine rings is 1. The van der Waals surface area contributed by atoms with Gasteiger partial charge in [-0.05, 0) is 45.0 Å². The molecule has 0 saturated carbocycles. The molecule has 2 N–H and O–H groups in total. The van der Waals surface area contributed by atoms with Crippen LogP contribution in [-0.4, -0.2) is 48.2 Å². The van der Waals surface area contributed by atoms with Crippen molar-refractivity contribution < 1.29 is 27.9 Å². The molecule has 0 spiro atoms. The highest BCUT2D eigenvalue weighted by atomic mass is 32.2. The Morgan fingerprint density at radius 2 is 1.90 bits per heavy atom. The third kappa shape index (κ3) is 3.75. The number of carbonyl (C=O) groups is 2. The van der Waals surface area contributed by atoms with Crippen molar-refractivity contribution in [3.8, 4) is 5.75 Å². The van der Waals surface area contributed by atoms with Crippen molar-refractivity contribution in [3.05, 3.63) is 42.1 Å². The van der Waals surface area contributed by atoms with Crippen LogP contribution in [0.1, 0.15) is 26.5 Å². The van der Waals surface area contributed by atoms with Gasteiger partial charge in [0.15, 0.2) is 5.82 Å². The first-order valence-electron chi connectivity index (χ1n) is 8.96. The summed E-state index contributed by atoms with van der Waals surface area (Å²) in [5, 5.41) is 12.1. The summed E-state index contributed by atoms with van der Waals surface area (Å²) in [6, 6.07) is 7.92. The lowest BCUT2D eigenvalue weighted by Gasteiger charge is -2.33. The number of ether oxygens (including phenoxy) is 1. The number of benzene rings is 1. The molecule has 1 aliphatic rings. The van der Waals surface area contributed by atoms with Crippen molar-refractivity contribution in [1.82, 2.24) is 9.88 Å². The van der Waals surface area contributed by atoms with Crippen molar-refractivity contribution in [2.45, 2.75) is 37.8 Å². The van der Waals surface area contributed by atoms with Crippen molar-refractivity contribution in [2.24, 2.45) is 0 Å². The topological polar surface area (TPSA) is 129 Å². The monoisotopic (exact) mass is 434 g/mol. The number of nitrogens with zero attached hydrogens (tertiary/aromatic N) is 3. The normalized spacial score (nSPS) is 15.2. The number of para-hydroxylation sites is 1. The Morgan fingerprint density at radius 1 is 1.23 bits per heavy atom. The van der Waals surface area contributed by atoms with E-state index in [0.29, 0.717) is 4.31 Å². The Bertz CT molecular complexity index is 1110. The highest BCUT2D eigenvalue weighted by molar-refractivity contribution is 7.94. The quantitative estimate of drug-likeness (QED) is 0.756. The summed E-state index contributed by atoms with van der Waals surface area (Å²) < 4.78 is 31.9. The van der Waals surface area contributed by atoms with Crippen molar-refractivity contribution >= 4 is 33.7 Å². The Morgan fingerprint density at radius 3 is 2.50 bits per heavy atom. The van der Waals surface area contributed by atoms with Gasteiger partial charge in [0.05, 0.1) is 19.3 Å². The minimum absolute atomic E-state index is 0.0642. The SMILES string of the molecule is COc1ccc(N2C(=O)Nc3ccccc3S2(=O)=O)nc1CN(C(=O)O)C(C)(C)C. The first-order valence-corrected chi connectivity index (χ1v) is 10.4. The molecule has 30 heavy (non-hydrogen) atoms. The van der Waals surface area contributed by atoms with Crippen LogP contribution in [0.4, 0.5) is 21.1 Å². The molecule has 0 radical (unpaired) electrons. The molecule has 0 aliphatic carbocycles. The van der Waals surface area contributed by atoms with Crippen LogP contribution in [0.25, 0.3) is 0 Å². The van der Waals surface area contributed by atoms with Crippen LogP contribution in [0.15, 0.2) is 41.3 Å². The highest BCUT2D eigenvalue weighted by Crippen LogP contribution is 2.34. The molecule has 2 aromatic rings. The number of hydrogen-bond acceptors (Lipinski definition) is 6. The lowest BCUT2D eigenvalue weighted by Crippen LogP contribution is -2.45. The van der Waals surface area contributed by atoms with E-state index in [-0.39, 0.29) is 34.4 Å². The van der Waals surface area contributed by atoms with Gasteiger partial charge >= 0.3 is 12.1 Å². The average molecular weight is 434 g/mol. The molecule has 0 unspecified atom stereocenters. The summed E-state index contributed by atoms with van der Waals surface area (Å²) in [5.41, 5.74) is -0.395. The second-order valence-corrected chi connectivity index (χ2v) is 9.31. The van der Waals surface area contributed by atoms with Crippen LogP contribution in [0.2, 0.25) is 0 Å². The molecular weight excluding hydrogens is 412 g/mol. The largest absolute Gasteiger partial charge is 0.495 e. The smallest absolute Gasteiger partial charge is 0.408 e. The van der Waals surface area contributed by atoms with Crippen molar-refractivity contribution in [3.63, 3.8) is 0 Å². The second kappa shape index (κ2) is 7.48. The van der Waals surface area contributed by atoms with Gasteiger partial charge in [0.1, 0.15) is 16.3 Å². The van der Waals surface area contributed by atoms with Gasteiger partial charge in [-0.3, -0.25) is 4.90 Å². The molecule has 1 aliphatic heterocycles. The Hall–Kier alpha value is -3.34. The molecule has 160 valence electrons. The summed E-state index contributed by atoms with van der Waals surface area (Å²) in [6.45, 7) is 4.99. The number of aromatic nitrogens is 1. The second-order valence-electron chi connectivity index (χ2n) is 7.55. The van der Waals surface area contributed by atoms with E-state index in [1.54, 1.807) is 32.9 Å². The summed E-state index contributed by atoms with van der Waals surface area (Å²) in [4.78, 5) is 29.7. The van der Waals surface area contributed by atoms with Crippen LogP contribution in [-0.2, 0) is 16.6 Å². The summed E-state index contributed by atoms with van der Waals surface area (Å²) in [6.07, 6.45) is -1.17. The van der Waals surface area contributed by atoms with Crippen LogP contribution < -0.4 is 14.4 Å². The summed E-state index contributed by atoms with van der Waals surface area (Å²) >= 11 is 0. The van der Waals surface area contributed by atoms with Gasteiger partial charge < -0.3 is 15.2 Å². The van der Waals surface area contributed by atoms with E-state index >= 15 is 0 Å². The van der Waals surface area contributed by atoms with Crippen molar-refractivity contribution in [2.75, 3.05) is 16.7 Å². The Labute approximate surface area is 174 Å². The zero-order chi connectivity index (χ0) is 22.3. The van der Waals surface area contributed by atoms with Crippen molar-refractivity contribution in [1.29, 1.82) is 0 Å². The number of sulfonamides is 1. The molecule has 1 aromatic heterocycles. The highest BCUT2D eigenvalue weighted by Gasteiger charge is 2.39. The number of nitrogens with one attached hydrogen (secondary N) is 1. The molecule has 3 amide bonds. The number of carbonyl (C=O) groups excluding carboxylic acids is 1. The molecule has 2 heterocycles. The molecule has 0 saturated heterocycles. The molecule has 0 fully saturated rings. The molecule has 0 atom stereocenters. The molecular formula is C19H22N4O6S. The number of urea groups is 1. The Balaban J connectivity index is 2.09. The fraction of sp³-hybridized carbons (Fsp3) is 0.316. The lowest BCUT2D eigenvalue weighted by atomic mass is 10.1. The van der Waals surface area contributed by atoms with Gasteiger partial charge in [0, 0.05) is 5.54 Å². The number of rotatable bonds is 4. The van der Waals surface area contributed by atoms with Crippen LogP contribution in [0.3, 0.4) is 0 Å². The third-order valence-corrected chi connectivity index (χ3v) is 6.27. The maximum absolute atomic E-state index is 13.1. The van der Waals surface area contributed by atoms with Gasteiger partial charge in [0.2, 0.25) is 0 Å². The summed E-state index contributed by atoms with van der Waals surface area (Å²) in [5.74, 6) is 0.0986. The van der Waals surface area contributed by atoms with Crippen LogP contribution >= 0.6 is 0 Å². The van der Waals surface area contributed by atoms with E-state index in [2.05, 4.69) is 10.3 Å². The van der Waals surface area contributed by atoms with E-state index < -0.39 is 27.7 Å². The lowest BCUT2D eigenvalue weighted by molar-refractivity contribution is 0.0941. The predicted octanol–water partition coefficient (Wildman–Crippen LogP) is 3.11. The zero-order valence-electron chi connectivity index (χ0n) is 16.9.